The topological polar surface area (TPSA) is 124 Å². The molecule has 1 saturated heterocycles. The van der Waals surface area contributed by atoms with E-state index in [4.69, 9.17) is 11.2 Å². The summed E-state index contributed by atoms with van der Waals surface area (Å²) < 4.78 is 5.53. The van der Waals surface area contributed by atoms with Crippen LogP contribution < -0.4 is 0 Å². The zero-order valence-electron chi connectivity index (χ0n) is 24.1. The molecule has 2 aromatic rings. The first-order valence-electron chi connectivity index (χ1n) is 15.1. The highest BCUT2D eigenvalue weighted by Crippen LogP contribution is 2.60. The number of ketones is 1. The number of nitrogens with zero attached hydrogens (tertiary/aromatic N) is 1. The van der Waals surface area contributed by atoms with Crippen molar-refractivity contribution in [2.75, 3.05) is 19.7 Å². The number of aliphatic hydroxyl groups is 2. The van der Waals surface area contributed by atoms with Gasteiger partial charge in [-0.15, -0.1) is 6.42 Å². The first-order chi connectivity index (χ1) is 20.7. The third kappa shape index (κ3) is 5.10. The third-order valence-electron chi connectivity index (χ3n) is 10.0. The van der Waals surface area contributed by atoms with E-state index in [2.05, 4.69) is 10.8 Å². The van der Waals surface area contributed by atoms with Gasteiger partial charge in [-0.25, -0.2) is 0 Å². The van der Waals surface area contributed by atoms with Crippen molar-refractivity contribution in [2.45, 2.75) is 69.1 Å². The number of carbonyl (C=O) groups excluding carboxylic acids is 2. The molecule has 1 aliphatic heterocycles. The number of carbonyl (C=O) groups is 3. The van der Waals surface area contributed by atoms with Crippen molar-refractivity contribution in [3.8, 4) is 12.3 Å². The Hall–Kier alpha value is -3.77. The van der Waals surface area contributed by atoms with Crippen LogP contribution in [-0.2, 0) is 32.0 Å². The molecule has 3 aliphatic carbocycles. The molecule has 0 unspecified atom stereocenters. The fourth-order valence-electron chi connectivity index (χ4n) is 7.83. The maximum absolute atomic E-state index is 12.8. The number of piperidine rings is 1. The molecule has 4 aliphatic rings. The van der Waals surface area contributed by atoms with E-state index in [1.54, 1.807) is 18.2 Å². The molecular weight excluding hydrogens is 546 g/mol. The van der Waals surface area contributed by atoms with E-state index < -0.39 is 29.1 Å². The molecule has 0 aromatic heterocycles. The van der Waals surface area contributed by atoms with E-state index in [0.717, 1.165) is 28.5 Å². The number of fused-ring (bicyclic) bond motifs is 1. The molecule has 43 heavy (non-hydrogen) atoms. The summed E-state index contributed by atoms with van der Waals surface area (Å²) in [5.74, 6) is 1.74. The Balaban J connectivity index is 1.20. The molecule has 2 saturated carbocycles. The van der Waals surface area contributed by atoms with Crippen LogP contribution in [0.25, 0.3) is 10.8 Å². The molecule has 2 aromatic carbocycles. The number of likely N-dealkylation sites (tertiary alicyclic amines) is 1. The lowest BCUT2D eigenvalue weighted by atomic mass is 9.48. The van der Waals surface area contributed by atoms with Crippen LogP contribution >= 0.6 is 0 Å². The summed E-state index contributed by atoms with van der Waals surface area (Å²) in [7, 11) is 0. The fourth-order valence-corrected chi connectivity index (χ4v) is 7.83. The Morgan fingerprint density at radius 1 is 1.09 bits per heavy atom. The number of terminal acetylenes is 1. The summed E-state index contributed by atoms with van der Waals surface area (Å²) in [6, 6.07) is 10.7. The van der Waals surface area contributed by atoms with Crippen LogP contribution in [0.3, 0.4) is 0 Å². The number of esters is 1. The van der Waals surface area contributed by atoms with Crippen molar-refractivity contribution in [3.05, 3.63) is 70.8 Å². The second kappa shape index (κ2) is 11.4. The molecule has 3 N–H and O–H groups in total. The Morgan fingerprint density at radius 3 is 2.44 bits per heavy atom. The number of allylic oxidation sites excluding steroid dienone is 1. The van der Waals surface area contributed by atoms with Gasteiger partial charge in [-0.05, 0) is 78.1 Å². The van der Waals surface area contributed by atoms with Gasteiger partial charge in [-0.1, -0.05) is 48.4 Å². The van der Waals surface area contributed by atoms with Gasteiger partial charge in [-0.3, -0.25) is 19.3 Å². The van der Waals surface area contributed by atoms with E-state index in [-0.39, 0.29) is 44.1 Å². The van der Waals surface area contributed by atoms with Crippen LogP contribution in [0, 0.1) is 23.7 Å². The average Bonchev–Trinajstić information content (AvgIpc) is 3.79. The van der Waals surface area contributed by atoms with Crippen molar-refractivity contribution >= 4 is 28.5 Å². The molecule has 3 fully saturated rings. The van der Waals surface area contributed by atoms with E-state index in [9.17, 15) is 29.7 Å². The van der Waals surface area contributed by atoms with Gasteiger partial charge in [0, 0.05) is 24.6 Å². The Bertz CT molecular complexity index is 1580. The van der Waals surface area contributed by atoms with E-state index in [1.807, 2.05) is 30.3 Å². The highest BCUT2D eigenvalue weighted by atomic mass is 16.5. The molecular formula is C35H37NO7. The summed E-state index contributed by atoms with van der Waals surface area (Å²) in [4.78, 5) is 39.2. The first kappa shape index (κ1) is 29.3. The molecule has 4 atom stereocenters. The van der Waals surface area contributed by atoms with Crippen molar-refractivity contribution < 1.29 is 34.4 Å². The minimum Gasteiger partial charge on any atom is -0.481 e. The largest absolute Gasteiger partial charge is 0.481 e. The van der Waals surface area contributed by atoms with Crippen molar-refractivity contribution in [1.82, 2.24) is 4.90 Å². The van der Waals surface area contributed by atoms with Gasteiger partial charge in [0.25, 0.3) is 0 Å². The van der Waals surface area contributed by atoms with Crippen LogP contribution in [0.15, 0.2) is 59.7 Å². The lowest BCUT2D eigenvalue weighted by molar-refractivity contribution is -0.217. The second-order valence-corrected chi connectivity index (χ2v) is 12.5. The van der Waals surface area contributed by atoms with Gasteiger partial charge in [0.1, 0.15) is 12.7 Å². The number of benzene rings is 2. The number of carboxylic acids is 1. The van der Waals surface area contributed by atoms with Crippen LogP contribution in [-0.4, -0.2) is 75.4 Å². The van der Waals surface area contributed by atoms with Crippen LogP contribution in [0.2, 0.25) is 0 Å². The molecule has 224 valence electrons. The molecule has 6 rings (SSSR count). The Labute approximate surface area is 251 Å². The molecule has 1 heterocycles. The number of hydrogen-bond donors (Lipinski definition) is 3. The summed E-state index contributed by atoms with van der Waals surface area (Å²) in [6.07, 6.45) is 11.8. The predicted molar refractivity (Wildman–Crippen MR) is 160 cm³/mol. The van der Waals surface area contributed by atoms with Crippen molar-refractivity contribution in [3.63, 3.8) is 0 Å². The van der Waals surface area contributed by atoms with Crippen molar-refractivity contribution in [1.29, 1.82) is 0 Å². The normalized spacial score (nSPS) is 29.0. The number of hydrogen-bond acceptors (Lipinski definition) is 7. The summed E-state index contributed by atoms with van der Waals surface area (Å²) in [6.45, 7) is 1.56. The molecule has 8 nitrogen and oxygen atoms in total. The zero-order valence-corrected chi connectivity index (χ0v) is 24.1. The lowest BCUT2D eigenvalue weighted by Crippen LogP contribution is -2.75. The van der Waals surface area contributed by atoms with Gasteiger partial charge in [0.2, 0.25) is 0 Å². The summed E-state index contributed by atoms with van der Waals surface area (Å²) >= 11 is 0. The number of ether oxygens (including phenoxy) is 1. The molecule has 0 spiro atoms. The number of Topliss-reactive ketones (excluding diaryl/α,β-unsaturated/α-hetero) is 1. The fraction of sp³-hybridized carbons (Fsp3) is 0.457. The summed E-state index contributed by atoms with van der Waals surface area (Å²) in [5, 5.41) is 34.3. The third-order valence-corrected chi connectivity index (χ3v) is 10.0. The van der Waals surface area contributed by atoms with Crippen LogP contribution in [0.1, 0.15) is 49.7 Å². The lowest BCUT2D eigenvalue weighted by Gasteiger charge is -2.64. The zero-order chi connectivity index (χ0) is 30.4. The maximum atomic E-state index is 12.8. The maximum Gasteiger partial charge on any atom is 0.310 e. The van der Waals surface area contributed by atoms with Gasteiger partial charge >= 0.3 is 11.9 Å². The minimum atomic E-state index is -1.36. The van der Waals surface area contributed by atoms with Gasteiger partial charge in [-0.2, -0.15) is 0 Å². The van der Waals surface area contributed by atoms with E-state index >= 15 is 0 Å². The number of rotatable bonds is 9. The second-order valence-electron chi connectivity index (χ2n) is 12.5. The standard InChI is InChI=1S/C35H37NO7/c1-2-28-25(18-30-35(42)14-13-29(37)33(41)34(28,35)15-16-36(30)21-22-11-12-22)8-5-17-43-32(40)20-24-7-4-9-26-23(19-31(38)39)6-3-10-27(24)26/h1,3-10,22,30,33,41-42H,11-21H2,(H,38,39)/b8-5-/t30-,33+,34+,35-/m1/s1. The predicted octanol–water partition coefficient (Wildman–Crippen LogP) is 3.37. The number of carboxylic acid groups (broad SMARTS) is 1. The SMILES string of the molecule is C#CC1=C(/C=C\COC(=O)Cc2cccc3c(CC(=O)O)cccc23)C[C@H]2N(CC3CC3)CC[C@@]13[C@@H](O)C(=O)CC[C@@]23O. The average molecular weight is 584 g/mol. The smallest absolute Gasteiger partial charge is 0.310 e. The quantitative estimate of drug-likeness (QED) is 0.303. The highest BCUT2D eigenvalue weighted by Gasteiger charge is 2.69. The van der Waals surface area contributed by atoms with Gasteiger partial charge in [0.05, 0.1) is 23.9 Å². The Kier molecular flexibility index (Phi) is 7.76. The monoisotopic (exact) mass is 583 g/mol. The van der Waals surface area contributed by atoms with E-state index in [0.29, 0.717) is 36.4 Å². The van der Waals surface area contributed by atoms with Gasteiger partial charge < -0.3 is 20.1 Å². The number of aliphatic hydroxyl groups excluding tert-OH is 1. The van der Waals surface area contributed by atoms with Crippen LogP contribution in [0.4, 0.5) is 0 Å². The molecule has 0 radical (unpaired) electrons. The molecule has 2 bridgehead atoms. The summed E-state index contributed by atoms with van der Waals surface area (Å²) in [5.41, 5.74) is 0.188. The first-order valence-corrected chi connectivity index (χ1v) is 15.1. The number of aliphatic carboxylic acids is 1. The van der Waals surface area contributed by atoms with Crippen LogP contribution in [0.5, 0.6) is 0 Å². The molecule has 0 amide bonds. The van der Waals surface area contributed by atoms with E-state index in [1.165, 1.54) is 12.8 Å². The van der Waals surface area contributed by atoms with Crippen molar-refractivity contribution in [2.24, 2.45) is 11.3 Å². The van der Waals surface area contributed by atoms with Gasteiger partial charge in [0.15, 0.2) is 5.78 Å². The minimum absolute atomic E-state index is 0.00439. The highest BCUT2D eigenvalue weighted by molar-refractivity contribution is 5.93. The molecule has 8 heteroatoms. The Morgan fingerprint density at radius 2 is 1.79 bits per heavy atom.